The molecule has 0 aliphatic rings. The number of hydrogen-bond donors (Lipinski definition) is 1. The molecule has 0 aliphatic heterocycles. The highest BCUT2D eigenvalue weighted by Gasteiger charge is 2.06. The van der Waals surface area contributed by atoms with Gasteiger partial charge in [-0.2, -0.15) is 0 Å². The number of aryl methyl sites for hydroxylation is 2. The summed E-state index contributed by atoms with van der Waals surface area (Å²) in [6.07, 6.45) is 2.13. The lowest BCUT2D eigenvalue weighted by Crippen LogP contribution is -2.05. The first-order valence-electron chi connectivity index (χ1n) is 5.35. The molecule has 0 saturated carbocycles. The minimum atomic E-state index is -0.0646. The van der Waals surface area contributed by atoms with E-state index in [1.165, 1.54) is 0 Å². The third-order valence-electron chi connectivity index (χ3n) is 2.41. The number of aromatic nitrogens is 2. The standard InChI is InChI=1S/C12H14N2OS/c1-3-4-12-14-10(7-16-12)9-5-6-11(15)13-8(9)2/h5-7H,3-4H2,1-2H3,(H,13,15). The van der Waals surface area contributed by atoms with Gasteiger partial charge >= 0.3 is 0 Å². The minimum absolute atomic E-state index is 0.0646. The minimum Gasteiger partial charge on any atom is -0.326 e. The predicted molar refractivity (Wildman–Crippen MR) is 66.9 cm³/mol. The molecule has 3 nitrogen and oxygen atoms in total. The summed E-state index contributed by atoms with van der Waals surface area (Å²) >= 11 is 1.68. The topological polar surface area (TPSA) is 45.8 Å². The van der Waals surface area contributed by atoms with Crippen LogP contribution in [0.15, 0.2) is 22.3 Å². The van der Waals surface area contributed by atoms with Crippen molar-refractivity contribution in [2.75, 3.05) is 0 Å². The van der Waals surface area contributed by atoms with E-state index in [0.29, 0.717) is 0 Å². The molecule has 0 aromatic carbocycles. The van der Waals surface area contributed by atoms with Gasteiger partial charge in [0.05, 0.1) is 10.7 Å². The van der Waals surface area contributed by atoms with E-state index in [0.717, 1.165) is 34.8 Å². The molecule has 16 heavy (non-hydrogen) atoms. The summed E-state index contributed by atoms with van der Waals surface area (Å²) < 4.78 is 0. The average molecular weight is 234 g/mol. The Morgan fingerprint density at radius 1 is 1.44 bits per heavy atom. The molecule has 0 atom stereocenters. The molecule has 2 rings (SSSR count). The summed E-state index contributed by atoms with van der Waals surface area (Å²) in [5, 5.41) is 3.20. The van der Waals surface area contributed by atoms with E-state index < -0.39 is 0 Å². The lowest BCUT2D eigenvalue weighted by Gasteiger charge is -2.00. The van der Waals surface area contributed by atoms with Crippen molar-refractivity contribution in [3.8, 4) is 11.3 Å². The normalized spacial score (nSPS) is 10.6. The van der Waals surface area contributed by atoms with Crippen LogP contribution in [0.25, 0.3) is 11.3 Å². The number of nitrogens with one attached hydrogen (secondary N) is 1. The zero-order valence-electron chi connectivity index (χ0n) is 9.41. The van der Waals surface area contributed by atoms with Crippen LogP contribution >= 0.6 is 11.3 Å². The number of rotatable bonds is 3. The molecular formula is C12H14N2OS. The number of pyridine rings is 1. The zero-order valence-corrected chi connectivity index (χ0v) is 10.2. The highest BCUT2D eigenvalue weighted by molar-refractivity contribution is 7.09. The third-order valence-corrected chi connectivity index (χ3v) is 3.32. The summed E-state index contributed by atoms with van der Waals surface area (Å²) in [6, 6.07) is 3.38. The Morgan fingerprint density at radius 2 is 2.25 bits per heavy atom. The Hall–Kier alpha value is -1.42. The summed E-state index contributed by atoms with van der Waals surface area (Å²) in [5.74, 6) is 0. The molecule has 0 amide bonds. The fraction of sp³-hybridized carbons (Fsp3) is 0.333. The van der Waals surface area contributed by atoms with Gasteiger partial charge in [-0.05, 0) is 25.8 Å². The van der Waals surface area contributed by atoms with Crippen molar-refractivity contribution < 1.29 is 0 Å². The van der Waals surface area contributed by atoms with Gasteiger partial charge < -0.3 is 4.98 Å². The van der Waals surface area contributed by atoms with Gasteiger partial charge in [0.1, 0.15) is 0 Å². The number of aromatic amines is 1. The van der Waals surface area contributed by atoms with Crippen molar-refractivity contribution in [3.05, 3.63) is 38.6 Å². The number of thiazole rings is 1. The Balaban J connectivity index is 2.38. The Kier molecular flexibility index (Phi) is 3.19. The average Bonchev–Trinajstić information content (AvgIpc) is 2.67. The summed E-state index contributed by atoms with van der Waals surface area (Å²) in [5.41, 5.74) is 2.78. The molecule has 4 heteroatoms. The number of H-pyrrole nitrogens is 1. The van der Waals surface area contributed by atoms with Gasteiger partial charge in [-0.15, -0.1) is 11.3 Å². The maximum atomic E-state index is 11.1. The molecule has 0 unspecified atom stereocenters. The van der Waals surface area contributed by atoms with Crippen LogP contribution in [0.4, 0.5) is 0 Å². The van der Waals surface area contributed by atoms with E-state index in [2.05, 4.69) is 16.9 Å². The number of hydrogen-bond acceptors (Lipinski definition) is 3. The van der Waals surface area contributed by atoms with Crippen LogP contribution in [0, 0.1) is 6.92 Å². The van der Waals surface area contributed by atoms with Crippen LogP contribution in [-0.2, 0) is 6.42 Å². The van der Waals surface area contributed by atoms with Crippen LogP contribution in [-0.4, -0.2) is 9.97 Å². The van der Waals surface area contributed by atoms with Crippen LogP contribution in [0.1, 0.15) is 24.0 Å². The first-order chi connectivity index (χ1) is 7.70. The molecule has 2 heterocycles. The monoisotopic (exact) mass is 234 g/mol. The van der Waals surface area contributed by atoms with Crippen LogP contribution in [0.3, 0.4) is 0 Å². The van der Waals surface area contributed by atoms with Crippen molar-refractivity contribution in [2.45, 2.75) is 26.7 Å². The molecule has 2 aromatic rings. The molecule has 0 aliphatic carbocycles. The quantitative estimate of drug-likeness (QED) is 0.887. The highest BCUT2D eigenvalue weighted by atomic mass is 32.1. The van der Waals surface area contributed by atoms with Crippen LogP contribution < -0.4 is 5.56 Å². The maximum Gasteiger partial charge on any atom is 0.248 e. The molecule has 2 aromatic heterocycles. The van der Waals surface area contributed by atoms with Crippen molar-refractivity contribution in [1.82, 2.24) is 9.97 Å². The van der Waals surface area contributed by atoms with Crippen LogP contribution in [0.2, 0.25) is 0 Å². The van der Waals surface area contributed by atoms with Gasteiger partial charge in [0.2, 0.25) is 5.56 Å². The van der Waals surface area contributed by atoms with E-state index >= 15 is 0 Å². The third kappa shape index (κ3) is 2.22. The Bertz CT molecular complexity index is 542. The van der Waals surface area contributed by atoms with Gasteiger partial charge in [-0.1, -0.05) is 6.92 Å². The molecule has 0 bridgehead atoms. The first kappa shape index (κ1) is 11.1. The number of nitrogens with zero attached hydrogens (tertiary/aromatic N) is 1. The van der Waals surface area contributed by atoms with E-state index in [1.54, 1.807) is 17.4 Å². The Labute approximate surface area is 98.2 Å². The molecule has 1 N–H and O–H groups in total. The Morgan fingerprint density at radius 3 is 2.94 bits per heavy atom. The first-order valence-corrected chi connectivity index (χ1v) is 6.23. The van der Waals surface area contributed by atoms with Crippen molar-refractivity contribution >= 4 is 11.3 Å². The highest BCUT2D eigenvalue weighted by Crippen LogP contribution is 2.23. The van der Waals surface area contributed by atoms with Crippen molar-refractivity contribution in [3.63, 3.8) is 0 Å². The maximum absolute atomic E-state index is 11.1. The second-order valence-electron chi connectivity index (χ2n) is 3.74. The molecule has 0 radical (unpaired) electrons. The molecule has 0 saturated heterocycles. The van der Waals surface area contributed by atoms with E-state index in [-0.39, 0.29) is 5.56 Å². The van der Waals surface area contributed by atoms with Crippen LogP contribution in [0.5, 0.6) is 0 Å². The predicted octanol–water partition coefficient (Wildman–Crippen LogP) is 2.76. The second-order valence-corrected chi connectivity index (χ2v) is 4.68. The molecule has 0 spiro atoms. The smallest absolute Gasteiger partial charge is 0.248 e. The summed E-state index contributed by atoms with van der Waals surface area (Å²) in [6.45, 7) is 4.04. The SMILES string of the molecule is CCCc1nc(-c2ccc(=O)[nH]c2C)cs1. The van der Waals surface area contributed by atoms with Gasteiger partial charge in [0, 0.05) is 22.7 Å². The summed E-state index contributed by atoms with van der Waals surface area (Å²) in [7, 11) is 0. The lowest BCUT2D eigenvalue weighted by molar-refractivity contribution is 0.909. The fourth-order valence-corrected chi connectivity index (χ4v) is 2.52. The van der Waals surface area contributed by atoms with Gasteiger partial charge in [0.25, 0.3) is 0 Å². The van der Waals surface area contributed by atoms with Gasteiger partial charge in [0.15, 0.2) is 0 Å². The largest absolute Gasteiger partial charge is 0.326 e. The van der Waals surface area contributed by atoms with Gasteiger partial charge in [-0.25, -0.2) is 4.98 Å². The van der Waals surface area contributed by atoms with E-state index in [9.17, 15) is 4.79 Å². The molecular weight excluding hydrogens is 220 g/mol. The van der Waals surface area contributed by atoms with E-state index in [4.69, 9.17) is 0 Å². The van der Waals surface area contributed by atoms with E-state index in [1.807, 2.05) is 18.4 Å². The molecule has 0 fully saturated rings. The lowest BCUT2D eigenvalue weighted by atomic mass is 10.1. The van der Waals surface area contributed by atoms with Gasteiger partial charge in [-0.3, -0.25) is 4.79 Å². The fourth-order valence-electron chi connectivity index (χ4n) is 1.62. The molecule has 84 valence electrons. The van der Waals surface area contributed by atoms with Crippen molar-refractivity contribution in [1.29, 1.82) is 0 Å². The zero-order chi connectivity index (χ0) is 11.5. The summed E-state index contributed by atoms with van der Waals surface area (Å²) in [4.78, 5) is 18.5. The second kappa shape index (κ2) is 4.61. The van der Waals surface area contributed by atoms with Crippen molar-refractivity contribution in [2.24, 2.45) is 0 Å².